The predicted octanol–water partition coefficient (Wildman–Crippen LogP) is 1.16. The molecule has 1 aromatic carbocycles. The van der Waals surface area contributed by atoms with E-state index in [0.717, 1.165) is 19.3 Å². The van der Waals surface area contributed by atoms with Gasteiger partial charge in [0.25, 0.3) is 5.91 Å². The molecule has 138 valence electrons. The third kappa shape index (κ3) is 4.38. The molecule has 0 atom stereocenters. The molecule has 1 fully saturated rings. The SMILES string of the molecule is CCNC(=O)C1(NC(=O)c2ccc(S(=O)(=O)NC)cc2)CCCCC1. The van der Waals surface area contributed by atoms with E-state index in [0.29, 0.717) is 24.9 Å². The Balaban J connectivity index is 2.19. The molecule has 1 aromatic rings. The van der Waals surface area contributed by atoms with Gasteiger partial charge in [-0.2, -0.15) is 0 Å². The van der Waals surface area contributed by atoms with Crippen LogP contribution in [0, 0.1) is 0 Å². The number of carbonyl (C=O) groups excluding carboxylic acids is 2. The van der Waals surface area contributed by atoms with Gasteiger partial charge in [-0.1, -0.05) is 19.3 Å². The van der Waals surface area contributed by atoms with Gasteiger partial charge in [-0.05, 0) is 51.1 Å². The number of benzene rings is 1. The Morgan fingerprint density at radius 2 is 1.68 bits per heavy atom. The first-order valence-electron chi connectivity index (χ1n) is 8.49. The minimum Gasteiger partial charge on any atom is -0.354 e. The van der Waals surface area contributed by atoms with Crippen LogP contribution in [0.3, 0.4) is 0 Å². The number of amides is 2. The molecule has 0 radical (unpaired) electrons. The lowest BCUT2D eigenvalue weighted by molar-refractivity contribution is -0.128. The van der Waals surface area contributed by atoms with Crippen molar-refractivity contribution in [2.75, 3.05) is 13.6 Å². The molecule has 1 aliphatic carbocycles. The van der Waals surface area contributed by atoms with Gasteiger partial charge in [0.1, 0.15) is 5.54 Å². The summed E-state index contributed by atoms with van der Waals surface area (Å²) >= 11 is 0. The van der Waals surface area contributed by atoms with Crippen LogP contribution < -0.4 is 15.4 Å². The Kier molecular flexibility index (Phi) is 6.18. The van der Waals surface area contributed by atoms with Crippen molar-refractivity contribution in [1.82, 2.24) is 15.4 Å². The molecule has 3 N–H and O–H groups in total. The fourth-order valence-electron chi connectivity index (χ4n) is 3.09. The van der Waals surface area contributed by atoms with E-state index in [4.69, 9.17) is 0 Å². The first-order valence-corrected chi connectivity index (χ1v) is 9.97. The van der Waals surface area contributed by atoms with Gasteiger partial charge in [0.05, 0.1) is 4.90 Å². The zero-order valence-electron chi connectivity index (χ0n) is 14.6. The van der Waals surface area contributed by atoms with Crippen LogP contribution in [0.1, 0.15) is 49.4 Å². The van der Waals surface area contributed by atoms with Gasteiger partial charge in [-0.15, -0.1) is 0 Å². The van der Waals surface area contributed by atoms with Crippen molar-refractivity contribution in [3.63, 3.8) is 0 Å². The number of hydrogen-bond acceptors (Lipinski definition) is 4. The molecule has 0 spiro atoms. The Bertz CT molecular complexity index is 723. The monoisotopic (exact) mass is 367 g/mol. The van der Waals surface area contributed by atoms with Crippen LogP contribution in [0.4, 0.5) is 0 Å². The highest BCUT2D eigenvalue weighted by atomic mass is 32.2. The van der Waals surface area contributed by atoms with E-state index in [2.05, 4.69) is 15.4 Å². The summed E-state index contributed by atoms with van der Waals surface area (Å²) in [6, 6.07) is 5.66. The molecule has 1 aliphatic rings. The fraction of sp³-hybridized carbons (Fsp3) is 0.529. The predicted molar refractivity (Wildman–Crippen MR) is 94.7 cm³/mol. The standard InChI is InChI=1S/C17H25N3O4S/c1-3-19-16(22)17(11-5-4-6-12-17)20-15(21)13-7-9-14(10-8-13)25(23,24)18-2/h7-10,18H,3-6,11-12H2,1-2H3,(H,19,22)(H,20,21). The number of nitrogens with one attached hydrogen (secondary N) is 3. The van der Waals surface area contributed by atoms with Crippen molar-refractivity contribution in [2.45, 2.75) is 49.5 Å². The summed E-state index contributed by atoms with van der Waals surface area (Å²) in [6.07, 6.45) is 4.04. The molecule has 1 saturated carbocycles. The summed E-state index contributed by atoms with van der Waals surface area (Å²) in [5.74, 6) is -0.529. The van der Waals surface area contributed by atoms with Crippen LogP contribution in [-0.2, 0) is 14.8 Å². The molecule has 8 heteroatoms. The zero-order chi connectivity index (χ0) is 18.5. The largest absolute Gasteiger partial charge is 0.354 e. The Hall–Kier alpha value is -1.93. The summed E-state index contributed by atoms with van der Waals surface area (Å²) in [5, 5.41) is 5.70. The van der Waals surface area contributed by atoms with E-state index in [1.165, 1.54) is 31.3 Å². The van der Waals surface area contributed by atoms with Gasteiger partial charge in [0, 0.05) is 12.1 Å². The van der Waals surface area contributed by atoms with Crippen LogP contribution in [0.25, 0.3) is 0 Å². The maximum atomic E-state index is 12.6. The van der Waals surface area contributed by atoms with E-state index < -0.39 is 15.6 Å². The van der Waals surface area contributed by atoms with E-state index in [1.54, 1.807) is 0 Å². The van der Waals surface area contributed by atoms with Crippen molar-refractivity contribution in [3.8, 4) is 0 Å². The number of rotatable bonds is 6. The van der Waals surface area contributed by atoms with Crippen LogP contribution in [0.2, 0.25) is 0 Å². The number of sulfonamides is 1. The van der Waals surface area contributed by atoms with Crippen LogP contribution in [0.15, 0.2) is 29.2 Å². The second kappa shape index (κ2) is 7.97. The first-order chi connectivity index (χ1) is 11.8. The van der Waals surface area contributed by atoms with Crippen LogP contribution >= 0.6 is 0 Å². The van der Waals surface area contributed by atoms with Crippen LogP contribution in [0.5, 0.6) is 0 Å². The van der Waals surface area contributed by atoms with Crippen LogP contribution in [-0.4, -0.2) is 39.4 Å². The molecule has 7 nitrogen and oxygen atoms in total. The number of carbonyl (C=O) groups is 2. The topological polar surface area (TPSA) is 104 Å². The molecule has 0 bridgehead atoms. The highest BCUT2D eigenvalue weighted by Gasteiger charge is 2.40. The molecule has 25 heavy (non-hydrogen) atoms. The molecule has 0 saturated heterocycles. The second-order valence-corrected chi connectivity index (χ2v) is 8.07. The van der Waals surface area contributed by atoms with E-state index in [1.807, 2.05) is 6.92 Å². The molecule has 0 unspecified atom stereocenters. The van der Waals surface area contributed by atoms with E-state index in [-0.39, 0.29) is 16.7 Å². The van der Waals surface area contributed by atoms with Crippen molar-refractivity contribution in [1.29, 1.82) is 0 Å². The summed E-state index contributed by atoms with van der Waals surface area (Å²) in [6.45, 7) is 2.35. The Morgan fingerprint density at radius 3 is 2.20 bits per heavy atom. The number of likely N-dealkylation sites (N-methyl/N-ethyl adjacent to an activating group) is 1. The summed E-state index contributed by atoms with van der Waals surface area (Å²) in [5.41, 5.74) is -0.564. The van der Waals surface area contributed by atoms with Gasteiger partial charge in [0.15, 0.2) is 0 Å². The molecule has 2 rings (SSSR count). The van der Waals surface area contributed by atoms with Gasteiger partial charge >= 0.3 is 0 Å². The molecule has 0 aromatic heterocycles. The minimum atomic E-state index is -3.55. The van der Waals surface area contributed by atoms with Crippen molar-refractivity contribution in [3.05, 3.63) is 29.8 Å². The molecule has 0 aliphatic heterocycles. The highest BCUT2D eigenvalue weighted by Crippen LogP contribution is 2.29. The maximum absolute atomic E-state index is 12.6. The van der Waals surface area contributed by atoms with E-state index >= 15 is 0 Å². The zero-order valence-corrected chi connectivity index (χ0v) is 15.4. The van der Waals surface area contributed by atoms with Gasteiger partial charge in [-0.25, -0.2) is 13.1 Å². The van der Waals surface area contributed by atoms with Gasteiger partial charge in [-0.3, -0.25) is 9.59 Å². The summed E-state index contributed by atoms with van der Waals surface area (Å²) < 4.78 is 25.7. The highest BCUT2D eigenvalue weighted by molar-refractivity contribution is 7.89. The normalized spacial score (nSPS) is 16.9. The minimum absolute atomic E-state index is 0.0858. The first kappa shape index (κ1) is 19.4. The lowest BCUT2D eigenvalue weighted by atomic mass is 9.80. The quantitative estimate of drug-likeness (QED) is 0.702. The molecule has 0 heterocycles. The smallest absolute Gasteiger partial charge is 0.252 e. The average molecular weight is 367 g/mol. The molecule has 2 amide bonds. The molecular formula is C17H25N3O4S. The molecular weight excluding hydrogens is 342 g/mol. The second-order valence-electron chi connectivity index (χ2n) is 6.19. The maximum Gasteiger partial charge on any atom is 0.252 e. The summed E-state index contributed by atoms with van der Waals surface area (Å²) in [7, 11) is -2.22. The van der Waals surface area contributed by atoms with Crippen molar-refractivity contribution >= 4 is 21.8 Å². The van der Waals surface area contributed by atoms with Crippen molar-refractivity contribution < 1.29 is 18.0 Å². The van der Waals surface area contributed by atoms with Gasteiger partial charge in [0.2, 0.25) is 15.9 Å². The average Bonchev–Trinajstić information content (AvgIpc) is 2.62. The Morgan fingerprint density at radius 1 is 1.08 bits per heavy atom. The Labute approximate surface area is 148 Å². The van der Waals surface area contributed by atoms with E-state index in [9.17, 15) is 18.0 Å². The third-order valence-corrected chi connectivity index (χ3v) is 5.96. The summed E-state index contributed by atoms with van der Waals surface area (Å²) in [4.78, 5) is 25.2. The lowest BCUT2D eigenvalue weighted by Gasteiger charge is -2.36. The fourth-order valence-corrected chi connectivity index (χ4v) is 3.82. The van der Waals surface area contributed by atoms with Crippen molar-refractivity contribution in [2.24, 2.45) is 0 Å². The lowest BCUT2D eigenvalue weighted by Crippen LogP contribution is -2.59. The number of hydrogen-bond donors (Lipinski definition) is 3. The third-order valence-electron chi connectivity index (χ3n) is 4.53. The van der Waals surface area contributed by atoms with Gasteiger partial charge < -0.3 is 10.6 Å².